The minimum absolute atomic E-state index is 0.431. The number of para-hydroxylation sites is 2. The molecule has 0 spiro atoms. The van der Waals surface area contributed by atoms with Gasteiger partial charge in [-0.05, 0) is 43.7 Å². The van der Waals surface area contributed by atoms with Crippen LogP contribution in [0.1, 0.15) is 18.2 Å². The van der Waals surface area contributed by atoms with Crippen LogP contribution in [0.2, 0.25) is 0 Å². The third-order valence-corrected chi connectivity index (χ3v) is 3.97. The van der Waals surface area contributed by atoms with E-state index in [-0.39, 0.29) is 0 Å². The average molecular weight is 354 g/mol. The number of carbonyl (C=O) groups excluding carboxylic acids is 1. The third-order valence-electron chi connectivity index (χ3n) is 3.97. The molecule has 26 heavy (non-hydrogen) atoms. The van der Waals surface area contributed by atoms with Crippen LogP contribution in [-0.2, 0) is 22.5 Å². The average Bonchev–Trinajstić information content (AvgIpc) is 3.09. The van der Waals surface area contributed by atoms with Crippen LogP contribution in [0.4, 0.5) is 0 Å². The quantitative estimate of drug-likeness (QED) is 0.704. The van der Waals surface area contributed by atoms with Crippen molar-refractivity contribution in [2.45, 2.75) is 19.9 Å². The van der Waals surface area contributed by atoms with Crippen LogP contribution in [0.25, 0.3) is 10.9 Å². The predicted octanol–water partition coefficient (Wildman–Crippen LogP) is 3.69. The second-order valence-electron chi connectivity index (χ2n) is 5.62. The number of benzene rings is 2. The van der Waals surface area contributed by atoms with Crippen LogP contribution in [-0.4, -0.2) is 31.7 Å². The van der Waals surface area contributed by atoms with Crippen LogP contribution >= 0.6 is 0 Å². The van der Waals surface area contributed by atoms with Gasteiger partial charge in [0.05, 0.1) is 13.7 Å². The maximum atomic E-state index is 9.18. The Morgan fingerprint density at radius 2 is 1.81 bits per heavy atom. The SMILES string of the molecule is CCOC=O.COc1ccccc1.c1ccc2c3c([nH]c2c1)CNCC3. The Morgan fingerprint density at radius 1 is 1.08 bits per heavy atom. The molecule has 3 aromatic rings. The lowest BCUT2D eigenvalue weighted by atomic mass is 10.1. The summed E-state index contributed by atoms with van der Waals surface area (Å²) in [7, 11) is 1.66. The number of carbonyl (C=O) groups is 1. The molecule has 0 atom stereocenters. The van der Waals surface area contributed by atoms with E-state index >= 15 is 0 Å². The van der Waals surface area contributed by atoms with Crippen LogP contribution in [0.15, 0.2) is 54.6 Å². The molecule has 138 valence electrons. The first-order chi connectivity index (χ1) is 12.8. The molecule has 0 saturated carbocycles. The van der Waals surface area contributed by atoms with Crippen molar-refractivity contribution >= 4 is 17.4 Å². The number of fused-ring (bicyclic) bond motifs is 3. The topological polar surface area (TPSA) is 63.4 Å². The van der Waals surface area contributed by atoms with Crippen LogP contribution in [0.5, 0.6) is 5.75 Å². The molecule has 0 unspecified atom stereocenters. The van der Waals surface area contributed by atoms with Crippen molar-refractivity contribution in [2.75, 3.05) is 20.3 Å². The summed E-state index contributed by atoms with van der Waals surface area (Å²) in [5.41, 5.74) is 4.15. The summed E-state index contributed by atoms with van der Waals surface area (Å²) in [6.45, 7) is 4.76. The van der Waals surface area contributed by atoms with Gasteiger partial charge in [-0.2, -0.15) is 0 Å². The minimum Gasteiger partial charge on any atom is -0.497 e. The molecule has 4 rings (SSSR count). The van der Waals surface area contributed by atoms with E-state index in [4.69, 9.17) is 4.74 Å². The van der Waals surface area contributed by atoms with Crippen LogP contribution in [0, 0.1) is 0 Å². The molecular formula is C21H26N2O3. The van der Waals surface area contributed by atoms with Gasteiger partial charge in [0.1, 0.15) is 5.75 Å². The van der Waals surface area contributed by atoms with E-state index in [2.05, 4.69) is 39.3 Å². The highest BCUT2D eigenvalue weighted by atomic mass is 16.5. The Kier molecular flexibility index (Phi) is 8.23. The fourth-order valence-corrected chi connectivity index (χ4v) is 2.74. The molecule has 0 bridgehead atoms. The Morgan fingerprint density at radius 3 is 2.42 bits per heavy atom. The minimum atomic E-state index is 0.431. The summed E-state index contributed by atoms with van der Waals surface area (Å²) in [5.74, 6) is 0.910. The summed E-state index contributed by atoms with van der Waals surface area (Å²) in [5, 5.41) is 4.77. The van der Waals surface area contributed by atoms with Gasteiger partial charge in [-0.3, -0.25) is 4.79 Å². The number of aromatic amines is 1. The van der Waals surface area contributed by atoms with Gasteiger partial charge >= 0.3 is 0 Å². The summed E-state index contributed by atoms with van der Waals surface area (Å²) in [6.07, 6.45) is 1.15. The van der Waals surface area contributed by atoms with Gasteiger partial charge in [0.15, 0.2) is 0 Å². The Hall–Kier alpha value is -2.79. The van der Waals surface area contributed by atoms with Gasteiger partial charge in [-0.25, -0.2) is 0 Å². The predicted molar refractivity (Wildman–Crippen MR) is 104 cm³/mol. The molecule has 5 nitrogen and oxygen atoms in total. The highest BCUT2D eigenvalue weighted by Gasteiger charge is 2.13. The highest BCUT2D eigenvalue weighted by Crippen LogP contribution is 2.24. The normalized spacial score (nSPS) is 11.9. The second kappa shape index (κ2) is 10.9. The number of nitrogens with one attached hydrogen (secondary N) is 2. The van der Waals surface area contributed by atoms with Gasteiger partial charge in [0, 0.05) is 23.1 Å². The van der Waals surface area contributed by atoms with Crippen molar-refractivity contribution in [1.82, 2.24) is 10.3 Å². The number of methoxy groups -OCH3 is 1. The molecule has 2 heterocycles. The number of H-pyrrole nitrogens is 1. The molecule has 1 aromatic heterocycles. The first kappa shape index (κ1) is 19.5. The lowest BCUT2D eigenvalue weighted by Crippen LogP contribution is -2.22. The monoisotopic (exact) mass is 354 g/mol. The van der Waals surface area contributed by atoms with Crippen molar-refractivity contribution < 1.29 is 14.3 Å². The van der Waals surface area contributed by atoms with Crippen molar-refractivity contribution in [1.29, 1.82) is 0 Å². The van der Waals surface area contributed by atoms with Gasteiger partial charge in [0.2, 0.25) is 0 Å². The lowest BCUT2D eigenvalue weighted by Gasteiger charge is -2.12. The summed E-state index contributed by atoms with van der Waals surface area (Å²) in [4.78, 5) is 12.6. The van der Waals surface area contributed by atoms with Crippen LogP contribution in [0.3, 0.4) is 0 Å². The van der Waals surface area contributed by atoms with Crippen molar-refractivity contribution in [3.05, 3.63) is 65.9 Å². The largest absolute Gasteiger partial charge is 0.497 e. The van der Waals surface area contributed by atoms with Crippen molar-refractivity contribution in [3.8, 4) is 5.75 Å². The van der Waals surface area contributed by atoms with Gasteiger partial charge < -0.3 is 19.8 Å². The highest BCUT2D eigenvalue weighted by molar-refractivity contribution is 5.84. The number of ether oxygens (including phenoxy) is 2. The Labute approximate surface area is 154 Å². The lowest BCUT2D eigenvalue weighted by molar-refractivity contribution is -0.128. The molecule has 0 fully saturated rings. The van der Waals surface area contributed by atoms with Gasteiger partial charge in [0.25, 0.3) is 6.47 Å². The summed E-state index contributed by atoms with van der Waals surface area (Å²) in [6, 6.07) is 18.2. The molecule has 0 radical (unpaired) electrons. The van der Waals surface area contributed by atoms with E-state index in [1.54, 1.807) is 14.0 Å². The smallest absolute Gasteiger partial charge is 0.293 e. The molecule has 0 saturated heterocycles. The van der Waals surface area contributed by atoms with E-state index in [0.717, 1.165) is 25.3 Å². The maximum absolute atomic E-state index is 9.18. The van der Waals surface area contributed by atoms with Gasteiger partial charge in [-0.1, -0.05) is 36.4 Å². The zero-order valence-electron chi connectivity index (χ0n) is 15.3. The molecule has 0 amide bonds. The number of aromatic nitrogens is 1. The molecular weight excluding hydrogens is 328 g/mol. The summed E-state index contributed by atoms with van der Waals surface area (Å²) >= 11 is 0. The third kappa shape index (κ3) is 5.63. The van der Waals surface area contributed by atoms with Crippen LogP contribution < -0.4 is 10.1 Å². The first-order valence-corrected chi connectivity index (χ1v) is 8.73. The fourth-order valence-electron chi connectivity index (χ4n) is 2.74. The number of hydrogen-bond acceptors (Lipinski definition) is 4. The molecule has 5 heteroatoms. The van der Waals surface area contributed by atoms with E-state index in [1.165, 1.54) is 22.2 Å². The number of rotatable bonds is 3. The molecule has 1 aliphatic heterocycles. The van der Waals surface area contributed by atoms with Crippen molar-refractivity contribution in [3.63, 3.8) is 0 Å². The Bertz CT molecular complexity index is 784. The zero-order chi connectivity index (χ0) is 18.6. The second-order valence-corrected chi connectivity index (χ2v) is 5.62. The van der Waals surface area contributed by atoms with E-state index < -0.39 is 0 Å². The summed E-state index contributed by atoms with van der Waals surface area (Å²) < 4.78 is 9.07. The Balaban J connectivity index is 0.000000161. The first-order valence-electron chi connectivity index (χ1n) is 8.73. The van der Waals surface area contributed by atoms with E-state index in [0.29, 0.717) is 13.1 Å². The molecule has 1 aliphatic rings. The zero-order valence-corrected chi connectivity index (χ0v) is 15.3. The standard InChI is InChI=1S/C11H12N2.C7H8O.C3H6O2/c1-2-4-10-8(3-1)9-5-6-12-7-11(9)13-10;1-8-7-5-3-2-4-6-7;1-2-5-3-4/h1-4,12-13H,5-7H2;2-6H,1H3;3H,2H2,1H3. The molecule has 2 N–H and O–H groups in total. The number of hydrogen-bond donors (Lipinski definition) is 2. The fraction of sp³-hybridized carbons (Fsp3) is 0.286. The van der Waals surface area contributed by atoms with Crippen molar-refractivity contribution in [2.24, 2.45) is 0 Å². The van der Waals surface area contributed by atoms with Gasteiger partial charge in [-0.15, -0.1) is 0 Å². The van der Waals surface area contributed by atoms with E-state index in [9.17, 15) is 4.79 Å². The molecule has 0 aliphatic carbocycles. The van der Waals surface area contributed by atoms with E-state index in [1.807, 2.05) is 30.3 Å². The molecule has 2 aromatic carbocycles. The maximum Gasteiger partial charge on any atom is 0.293 e.